The third kappa shape index (κ3) is 10.5. The van der Waals surface area contributed by atoms with Crippen molar-refractivity contribution < 1.29 is 38.1 Å². The summed E-state index contributed by atoms with van der Waals surface area (Å²) in [6, 6.07) is 10.5. The number of ether oxygens (including phenoxy) is 2. The van der Waals surface area contributed by atoms with E-state index in [0.29, 0.717) is 23.0 Å². The maximum Gasteiger partial charge on any atom is 0.335 e. The molecule has 0 radical (unpaired) electrons. The van der Waals surface area contributed by atoms with Crippen LogP contribution in [0.25, 0.3) is 11.1 Å². The molecule has 4 rings (SSSR count). The van der Waals surface area contributed by atoms with E-state index in [4.69, 9.17) is 9.47 Å². The number of halogens is 2. The van der Waals surface area contributed by atoms with E-state index in [2.05, 4.69) is 13.5 Å². The van der Waals surface area contributed by atoms with Gasteiger partial charge in [-0.05, 0) is 131 Å². The van der Waals surface area contributed by atoms with Crippen molar-refractivity contribution in [2.75, 3.05) is 26.4 Å². The number of benzene rings is 2. The molecule has 2 aromatic carbocycles. The Morgan fingerprint density at radius 1 is 0.878 bits per heavy atom. The Bertz CT molecular complexity index is 1400. The van der Waals surface area contributed by atoms with Gasteiger partial charge in [0.2, 0.25) is 0 Å². The number of unbranched alkanes of at least 4 members (excludes halogenated alkanes) is 2. The van der Waals surface area contributed by atoms with E-state index in [0.717, 1.165) is 88.2 Å². The predicted molar refractivity (Wildman–Crippen MR) is 188 cm³/mol. The Hall–Kier alpha value is -3.10. The molecule has 2 aromatic rings. The highest BCUT2D eigenvalue weighted by molar-refractivity contribution is 5.87. The van der Waals surface area contributed by atoms with Gasteiger partial charge in [0, 0.05) is 11.5 Å². The molecule has 1 atom stereocenters. The van der Waals surface area contributed by atoms with Crippen molar-refractivity contribution in [2.45, 2.75) is 104 Å². The molecule has 0 aliphatic heterocycles. The van der Waals surface area contributed by atoms with Crippen LogP contribution in [0.2, 0.25) is 0 Å². The first kappa shape index (κ1) is 38.7. The highest BCUT2D eigenvalue weighted by Crippen LogP contribution is 2.46. The first-order valence-electron chi connectivity index (χ1n) is 18.3. The number of aliphatic hydroxyl groups is 2. The molecule has 2 saturated carbocycles. The number of rotatable bonds is 16. The fourth-order valence-corrected chi connectivity index (χ4v) is 7.65. The van der Waals surface area contributed by atoms with Gasteiger partial charge in [-0.3, -0.25) is 4.79 Å². The first-order chi connectivity index (χ1) is 23.5. The topological polar surface area (TPSA) is 93.1 Å². The molecule has 0 heterocycles. The number of hydrogen-bond donors (Lipinski definition) is 2. The molecule has 2 aliphatic carbocycles. The van der Waals surface area contributed by atoms with Crippen LogP contribution in [0.1, 0.15) is 108 Å². The maximum atomic E-state index is 15.5. The Morgan fingerprint density at radius 2 is 1.53 bits per heavy atom. The molecule has 8 heteroatoms. The Morgan fingerprint density at radius 3 is 2.12 bits per heavy atom. The summed E-state index contributed by atoms with van der Waals surface area (Å²) in [6.07, 6.45) is 11.9. The number of aryl methyl sites for hydroxylation is 1. The van der Waals surface area contributed by atoms with Gasteiger partial charge in [0.1, 0.15) is 11.6 Å². The molecule has 0 aromatic heterocycles. The Balaban J connectivity index is 1.30. The van der Waals surface area contributed by atoms with E-state index >= 15 is 4.39 Å². The molecule has 2 aliphatic rings. The summed E-state index contributed by atoms with van der Waals surface area (Å²) < 4.78 is 41.5. The molecule has 1 unspecified atom stereocenters. The molecule has 0 saturated heterocycles. The van der Waals surface area contributed by atoms with Crippen molar-refractivity contribution >= 4 is 11.9 Å². The predicted octanol–water partition coefficient (Wildman–Crippen LogP) is 8.71. The molecular formula is C41H56F2O6. The summed E-state index contributed by atoms with van der Waals surface area (Å²) in [7, 11) is 0. The lowest BCUT2D eigenvalue weighted by atomic mass is 9.67. The van der Waals surface area contributed by atoms with Crippen molar-refractivity contribution in [3.8, 4) is 11.1 Å². The van der Waals surface area contributed by atoms with Crippen molar-refractivity contribution in [1.29, 1.82) is 0 Å². The first-order valence-corrected chi connectivity index (χ1v) is 18.3. The molecule has 2 N–H and O–H groups in total. The molecular weight excluding hydrogens is 626 g/mol. The lowest BCUT2D eigenvalue weighted by molar-refractivity contribution is -0.159. The zero-order valence-corrected chi connectivity index (χ0v) is 29.7. The number of carbonyl (C=O) groups is 2. The van der Waals surface area contributed by atoms with Gasteiger partial charge in [-0.2, -0.15) is 0 Å². The van der Waals surface area contributed by atoms with Crippen molar-refractivity contribution in [3.63, 3.8) is 0 Å². The van der Waals surface area contributed by atoms with E-state index in [1.54, 1.807) is 26.0 Å². The Labute approximate surface area is 291 Å². The summed E-state index contributed by atoms with van der Waals surface area (Å²) in [5.41, 5.74) is 1.67. The summed E-state index contributed by atoms with van der Waals surface area (Å²) in [6.45, 7) is 8.25. The van der Waals surface area contributed by atoms with Crippen LogP contribution in [0.5, 0.6) is 0 Å². The van der Waals surface area contributed by atoms with Gasteiger partial charge in [0.25, 0.3) is 0 Å². The molecule has 0 amide bonds. The normalized spacial score (nSPS) is 21.9. The molecule has 0 bridgehead atoms. The zero-order chi connectivity index (χ0) is 35.6. The Kier molecular flexibility index (Phi) is 14.4. The lowest BCUT2D eigenvalue weighted by Crippen LogP contribution is -2.36. The second kappa shape index (κ2) is 18.2. The standard InChI is InChI=1S/C41H56F2O6/c1-5-6-7-8-28-9-19-36(37(42)21-28)33-18-20-35(38(43)22-33)32-16-14-30(15-17-32)29-10-12-31(13-11-29)34(24-48-39(46)27(2)23-44)25-49-40(47)41(3,4)26-45/h9,18-22,29-32,34,44-45H,2,5-8,10-17,23-26H2,1,3-4H3. The van der Waals surface area contributed by atoms with Gasteiger partial charge in [-0.1, -0.05) is 50.6 Å². The average molecular weight is 683 g/mol. The summed E-state index contributed by atoms with van der Waals surface area (Å²) in [5, 5.41) is 18.8. The summed E-state index contributed by atoms with van der Waals surface area (Å²) >= 11 is 0. The number of hydrogen-bond acceptors (Lipinski definition) is 6. The highest BCUT2D eigenvalue weighted by Gasteiger charge is 2.36. The monoisotopic (exact) mass is 682 g/mol. The van der Waals surface area contributed by atoms with Crippen molar-refractivity contribution in [2.24, 2.45) is 29.1 Å². The molecule has 270 valence electrons. The second-order valence-electron chi connectivity index (χ2n) is 15.1. The lowest BCUT2D eigenvalue weighted by Gasteiger charge is -2.39. The minimum atomic E-state index is -1.02. The largest absolute Gasteiger partial charge is 0.465 e. The van der Waals surface area contributed by atoms with Crippen LogP contribution in [0, 0.1) is 40.7 Å². The quantitative estimate of drug-likeness (QED) is 0.105. The smallest absolute Gasteiger partial charge is 0.335 e. The van der Waals surface area contributed by atoms with Gasteiger partial charge in [-0.15, -0.1) is 0 Å². The minimum Gasteiger partial charge on any atom is -0.465 e. The zero-order valence-electron chi connectivity index (χ0n) is 29.7. The third-order valence-electron chi connectivity index (χ3n) is 11.1. The van der Waals surface area contributed by atoms with Crippen molar-refractivity contribution in [3.05, 3.63) is 71.3 Å². The van der Waals surface area contributed by atoms with Crippen LogP contribution < -0.4 is 0 Å². The molecule has 49 heavy (non-hydrogen) atoms. The number of esters is 2. The van der Waals surface area contributed by atoms with Gasteiger partial charge < -0.3 is 19.7 Å². The fraction of sp³-hybridized carbons (Fsp3) is 0.610. The number of carbonyl (C=O) groups excluding carboxylic acids is 2. The van der Waals surface area contributed by atoms with Gasteiger partial charge in [0.15, 0.2) is 0 Å². The van der Waals surface area contributed by atoms with E-state index < -0.39 is 24.0 Å². The highest BCUT2D eigenvalue weighted by atomic mass is 19.1. The minimum absolute atomic E-state index is 0.0241. The van der Waals surface area contributed by atoms with Crippen LogP contribution in [-0.2, 0) is 25.5 Å². The van der Waals surface area contributed by atoms with Gasteiger partial charge in [-0.25, -0.2) is 13.6 Å². The van der Waals surface area contributed by atoms with Crippen LogP contribution in [0.15, 0.2) is 48.6 Å². The SMILES string of the molecule is C=C(CO)C(=O)OCC(COC(=O)C(C)(C)CO)C1CCC(C2CCC(c3ccc(-c4ccc(CCCCC)cc4F)cc3F)CC2)CC1. The maximum absolute atomic E-state index is 15.5. The van der Waals surface area contributed by atoms with Gasteiger partial charge in [0.05, 0.1) is 37.4 Å². The molecule has 6 nitrogen and oxygen atoms in total. The summed E-state index contributed by atoms with van der Waals surface area (Å²) in [4.78, 5) is 24.7. The van der Waals surface area contributed by atoms with Gasteiger partial charge >= 0.3 is 11.9 Å². The van der Waals surface area contributed by atoms with E-state index in [1.165, 1.54) is 6.07 Å². The summed E-state index contributed by atoms with van der Waals surface area (Å²) in [5.74, 6) is -0.448. The van der Waals surface area contributed by atoms with Crippen LogP contribution in [0.4, 0.5) is 8.78 Å². The third-order valence-corrected chi connectivity index (χ3v) is 11.1. The van der Waals surface area contributed by atoms with E-state index in [9.17, 15) is 24.2 Å². The second-order valence-corrected chi connectivity index (χ2v) is 15.1. The van der Waals surface area contributed by atoms with E-state index in [-0.39, 0.29) is 54.8 Å². The van der Waals surface area contributed by atoms with E-state index in [1.807, 2.05) is 18.2 Å². The van der Waals surface area contributed by atoms with Crippen molar-refractivity contribution in [1.82, 2.24) is 0 Å². The average Bonchev–Trinajstić information content (AvgIpc) is 3.11. The van der Waals surface area contributed by atoms with Crippen LogP contribution in [0.3, 0.4) is 0 Å². The van der Waals surface area contributed by atoms with Crippen LogP contribution >= 0.6 is 0 Å². The number of aliphatic hydroxyl groups excluding tert-OH is 2. The fourth-order valence-electron chi connectivity index (χ4n) is 7.65. The molecule has 2 fully saturated rings. The molecule has 0 spiro atoms. The van der Waals surface area contributed by atoms with Crippen LogP contribution in [-0.4, -0.2) is 48.6 Å².